The Bertz CT molecular complexity index is 549. The minimum absolute atomic E-state index is 0.0227. The van der Waals surface area contributed by atoms with Gasteiger partial charge in [0.2, 0.25) is 0 Å². The zero-order chi connectivity index (χ0) is 15.9. The lowest BCUT2D eigenvalue weighted by Crippen LogP contribution is -2.25. The normalized spacial score (nSPS) is 12.9. The Labute approximate surface area is 125 Å². The van der Waals surface area contributed by atoms with Gasteiger partial charge in [0.1, 0.15) is 0 Å². The fourth-order valence-corrected chi connectivity index (χ4v) is 2.36. The molecule has 7 heteroatoms. The molecule has 0 heterocycles. The number of hydrogen-bond donors (Lipinski definition) is 0. The van der Waals surface area contributed by atoms with Crippen molar-refractivity contribution in [1.82, 2.24) is 0 Å². The number of aryl methyl sites for hydroxylation is 1. The highest BCUT2D eigenvalue weighted by Gasteiger charge is 2.17. The van der Waals surface area contributed by atoms with E-state index in [0.29, 0.717) is 0 Å². The van der Waals surface area contributed by atoms with Gasteiger partial charge in [0.15, 0.2) is 6.10 Å². The highest BCUT2D eigenvalue weighted by molar-refractivity contribution is 7.86. The van der Waals surface area contributed by atoms with E-state index in [-0.39, 0.29) is 24.7 Å². The number of ether oxygens (including phenoxy) is 2. The van der Waals surface area contributed by atoms with Crippen LogP contribution in [-0.2, 0) is 28.6 Å². The first kappa shape index (κ1) is 17.6. The van der Waals surface area contributed by atoms with E-state index in [1.54, 1.807) is 19.1 Å². The molecule has 21 heavy (non-hydrogen) atoms. The van der Waals surface area contributed by atoms with Crippen LogP contribution in [0.2, 0.25) is 0 Å². The minimum Gasteiger partial charge on any atom is -0.464 e. The summed E-state index contributed by atoms with van der Waals surface area (Å²) in [6.07, 6.45) is -0.754. The van der Waals surface area contributed by atoms with E-state index in [1.165, 1.54) is 19.1 Å². The maximum absolute atomic E-state index is 11.9. The summed E-state index contributed by atoms with van der Waals surface area (Å²) in [6.45, 7) is 5.17. The second-order valence-corrected chi connectivity index (χ2v) is 5.97. The molecule has 6 nitrogen and oxygen atoms in total. The molecule has 1 aromatic rings. The molecule has 0 aromatic heterocycles. The number of benzene rings is 1. The average molecular weight is 316 g/mol. The lowest BCUT2D eigenvalue weighted by Gasteiger charge is -2.12. The Morgan fingerprint density at radius 3 is 2.38 bits per heavy atom. The van der Waals surface area contributed by atoms with Gasteiger partial charge in [-0.3, -0.25) is 4.18 Å². The van der Waals surface area contributed by atoms with Crippen LogP contribution >= 0.6 is 0 Å². The van der Waals surface area contributed by atoms with Crippen molar-refractivity contribution in [1.29, 1.82) is 0 Å². The van der Waals surface area contributed by atoms with Crippen LogP contribution in [-0.4, -0.2) is 40.3 Å². The predicted molar refractivity (Wildman–Crippen MR) is 76.4 cm³/mol. The summed E-state index contributed by atoms with van der Waals surface area (Å²) in [5.74, 6) is -0.487. The van der Waals surface area contributed by atoms with Crippen LogP contribution in [0.3, 0.4) is 0 Å². The molecule has 1 rings (SSSR count). The van der Waals surface area contributed by atoms with Crippen molar-refractivity contribution in [3.63, 3.8) is 0 Å². The van der Waals surface area contributed by atoms with Gasteiger partial charge in [-0.05, 0) is 32.9 Å². The highest BCUT2D eigenvalue weighted by atomic mass is 32.2. The smallest absolute Gasteiger partial charge is 0.334 e. The van der Waals surface area contributed by atoms with Crippen molar-refractivity contribution < 1.29 is 26.9 Å². The first-order valence-electron chi connectivity index (χ1n) is 6.61. The van der Waals surface area contributed by atoms with Crippen molar-refractivity contribution in [2.24, 2.45) is 0 Å². The van der Waals surface area contributed by atoms with Gasteiger partial charge in [0.05, 0.1) is 24.7 Å². The molecule has 118 valence electrons. The van der Waals surface area contributed by atoms with E-state index in [2.05, 4.69) is 0 Å². The Kier molecular flexibility index (Phi) is 6.80. The van der Waals surface area contributed by atoms with Crippen LogP contribution < -0.4 is 0 Å². The Morgan fingerprint density at radius 2 is 1.81 bits per heavy atom. The molecule has 1 aromatic carbocycles. The molecule has 0 aliphatic carbocycles. The zero-order valence-electron chi connectivity index (χ0n) is 12.4. The maximum atomic E-state index is 11.9. The van der Waals surface area contributed by atoms with Crippen molar-refractivity contribution in [2.75, 3.05) is 19.8 Å². The van der Waals surface area contributed by atoms with E-state index in [4.69, 9.17) is 13.7 Å². The second kappa shape index (κ2) is 8.11. The average Bonchev–Trinajstić information content (AvgIpc) is 2.44. The van der Waals surface area contributed by atoms with Crippen LogP contribution in [0.4, 0.5) is 0 Å². The molecule has 0 N–H and O–H groups in total. The third kappa shape index (κ3) is 5.82. The predicted octanol–water partition coefficient (Wildman–Crippen LogP) is 1.67. The first-order chi connectivity index (χ1) is 9.86. The quantitative estimate of drug-likeness (QED) is 0.412. The maximum Gasteiger partial charge on any atom is 0.334 e. The monoisotopic (exact) mass is 316 g/mol. The summed E-state index contributed by atoms with van der Waals surface area (Å²) in [5.41, 5.74) is 0.959. The molecule has 0 amide bonds. The Balaban J connectivity index is 2.41. The van der Waals surface area contributed by atoms with Crippen LogP contribution in [0.15, 0.2) is 29.2 Å². The summed E-state index contributed by atoms with van der Waals surface area (Å²) in [5, 5.41) is 0. The standard InChI is InChI=1S/C14H20O6S/c1-4-18-14(15)12(3)19-9-10-20-21(16,17)13-7-5-11(2)6-8-13/h5-8,12H,4,9-10H2,1-3H3. The molecule has 0 spiro atoms. The Morgan fingerprint density at radius 1 is 1.19 bits per heavy atom. The topological polar surface area (TPSA) is 78.9 Å². The lowest BCUT2D eigenvalue weighted by atomic mass is 10.2. The minimum atomic E-state index is -3.80. The van der Waals surface area contributed by atoms with E-state index in [1.807, 2.05) is 6.92 Å². The molecule has 0 fully saturated rings. The number of rotatable bonds is 8. The van der Waals surface area contributed by atoms with Gasteiger partial charge in [-0.25, -0.2) is 4.79 Å². The molecular formula is C14H20O6S. The van der Waals surface area contributed by atoms with Crippen molar-refractivity contribution in [3.05, 3.63) is 29.8 Å². The number of hydrogen-bond acceptors (Lipinski definition) is 6. The molecule has 0 saturated carbocycles. The van der Waals surface area contributed by atoms with Crippen LogP contribution in [0.25, 0.3) is 0 Å². The summed E-state index contributed by atoms with van der Waals surface area (Å²) < 4.78 is 38.5. The molecule has 0 aliphatic rings. The van der Waals surface area contributed by atoms with Gasteiger partial charge in [0, 0.05) is 0 Å². The van der Waals surface area contributed by atoms with E-state index in [0.717, 1.165) is 5.56 Å². The van der Waals surface area contributed by atoms with Crippen LogP contribution in [0, 0.1) is 6.92 Å². The van der Waals surface area contributed by atoms with Gasteiger partial charge in [-0.2, -0.15) is 8.42 Å². The molecule has 0 aliphatic heterocycles. The van der Waals surface area contributed by atoms with E-state index < -0.39 is 22.2 Å². The largest absolute Gasteiger partial charge is 0.464 e. The Hall–Kier alpha value is -1.44. The summed E-state index contributed by atoms with van der Waals surface area (Å²) in [6, 6.07) is 6.34. The fourth-order valence-electron chi connectivity index (χ4n) is 1.47. The molecule has 1 unspecified atom stereocenters. The van der Waals surface area contributed by atoms with Gasteiger partial charge in [-0.1, -0.05) is 17.7 Å². The molecular weight excluding hydrogens is 296 g/mol. The number of carbonyl (C=O) groups is 1. The van der Waals surface area contributed by atoms with Gasteiger partial charge in [-0.15, -0.1) is 0 Å². The number of carbonyl (C=O) groups excluding carboxylic acids is 1. The van der Waals surface area contributed by atoms with E-state index in [9.17, 15) is 13.2 Å². The third-order valence-corrected chi connectivity index (χ3v) is 3.94. The SMILES string of the molecule is CCOC(=O)C(C)OCCOS(=O)(=O)c1ccc(C)cc1. The van der Waals surface area contributed by atoms with Crippen LogP contribution in [0.1, 0.15) is 19.4 Å². The summed E-state index contributed by atoms with van der Waals surface area (Å²) in [7, 11) is -3.80. The summed E-state index contributed by atoms with van der Waals surface area (Å²) in [4.78, 5) is 11.4. The zero-order valence-corrected chi connectivity index (χ0v) is 13.2. The van der Waals surface area contributed by atoms with Crippen molar-refractivity contribution >= 4 is 16.1 Å². The van der Waals surface area contributed by atoms with E-state index >= 15 is 0 Å². The molecule has 0 radical (unpaired) electrons. The second-order valence-electron chi connectivity index (χ2n) is 4.35. The first-order valence-corrected chi connectivity index (χ1v) is 8.02. The molecule has 1 atom stereocenters. The lowest BCUT2D eigenvalue weighted by molar-refractivity contribution is -0.155. The van der Waals surface area contributed by atoms with Gasteiger partial charge < -0.3 is 9.47 Å². The number of esters is 1. The van der Waals surface area contributed by atoms with Crippen LogP contribution in [0.5, 0.6) is 0 Å². The molecule has 0 bridgehead atoms. The van der Waals surface area contributed by atoms with Crippen molar-refractivity contribution in [2.45, 2.75) is 31.8 Å². The fraction of sp³-hybridized carbons (Fsp3) is 0.500. The van der Waals surface area contributed by atoms with Gasteiger partial charge >= 0.3 is 5.97 Å². The van der Waals surface area contributed by atoms with Crippen molar-refractivity contribution in [3.8, 4) is 0 Å². The molecule has 0 saturated heterocycles. The third-order valence-electron chi connectivity index (χ3n) is 2.62. The summed E-state index contributed by atoms with van der Waals surface area (Å²) >= 11 is 0. The highest BCUT2D eigenvalue weighted by Crippen LogP contribution is 2.13. The van der Waals surface area contributed by atoms with Gasteiger partial charge in [0.25, 0.3) is 10.1 Å².